The van der Waals surface area contributed by atoms with Gasteiger partial charge in [-0.1, -0.05) is 23.2 Å². The first-order valence-corrected chi connectivity index (χ1v) is 9.30. The van der Waals surface area contributed by atoms with Crippen LogP contribution in [0.2, 0.25) is 10.0 Å². The number of hydrogen-bond acceptors (Lipinski definition) is 5. The number of ether oxygens (including phenoxy) is 2. The maximum Gasteiger partial charge on any atom is 0.272 e. The van der Waals surface area contributed by atoms with Gasteiger partial charge in [-0.15, -0.1) is 0 Å². The molecule has 0 fully saturated rings. The normalized spacial score (nSPS) is 10.7. The van der Waals surface area contributed by atoms with E-state index in [4.69, 9.17) is 32.7 Å². The molecular formula is C21H17Cl2N3O3. The van der Waals surface area contributed by atoms with Gasteiger partial charge in [0, 0.05) is 23.0 Å². The second-order valence-corrected chi connectivity index (χ2v) is 6.72. The molecule has 29 heavy (non-hydrogen) atoms. The highest BCUT2D eigenvalue weighted by atomic mass is 35.5. The third-order valence-corrected chi connectivity index (χ3v) is 4.42. The summed E-state index contributed by atoms with van der Waals surface area (Å²) in [7, 11) is 1.58. The van der Waals surface area contributed by atoms with E-state index in [0.29, 0.717) is 27.1 Å². The van der Waals surface area contributed by atoms with Gasteiger partial charge < -0.3 is 9.47 Å². The third-order valence-electron chi connectivity index (χ3n) is 3.89. The first-order valence-electron chi connectivity index (χ1n) is 8.55. The van der Waals surface area contributed by atoms with Crippen molar-refractivity contribution in [2.45, 2.75) is 6.61 Å². The molecule has 0 atom stereocenters. The van der Waals surface area contributed by atoms with Gasteiger partial charge in [-0.05, 0) is 54.1 Å². The zero-order valence-electron chi connectivity index (χ0n) is 15.4. The van der Waals surface area contributed by atoms with Crippen molar-refractivity contribution in [3.05, 3.63) is 87.7 Å². The molecule has 2 aromatic carbocycles. The van der Waals surface area contributed by atoms with E-state index >= 15 is 0 Å². The first-order chi connectivity index (χ1) is 14.1. The number of methoxy groups -OCH3 is 1. The Hall–Kier alpha value is -3.09. The molecule has 0 radical (unpaired) electrons. The maximum atomic E-state index is 12.0. The monoisotopic (exact) mass is 429 g/mol. The Labute approximate surface area is 178 Å². The predicted molar refractivity (Wildman–Crippen MR) is 113 cm³/mol. The molecule has 1 aromatic heterocycles. The average Bonchev–Trinajstić information content (AvgIpc) is 2.74. The van der Waals surface area contributed by atoms with Gasteiger partial charge in [-0.3, -0.25) is 9.78 Å². The Morgan fingerprint density at radius 2 is 2.00 bits per heavy atom. The van der Waals surface area contributed by atoms with Gasteiger partial charge >= 0.3 is 0 Å². The van der Waals surface area contributed by atoms with E-state index in [9.17, 15) is 4.79 Å². The number of nitrogens with zero attached hydrogens (tertiary/aromatic N) is 2. The molecule has 1 N–H and O–H groups in total. The van der Waals surface area contributed by atoms with Gasteiger partial charge in [0.05, 0.1) is 23.9 Å². The fourth-order valence-corrected chi connectivity index (χ4v) is 2.93. The molecule has 0 spiro atoms. The summed E-state index contributed by atoms with van der Waals surface area (Å²) in [4.78, 5) is 15.9. The summed E-state index contributed by atoms with van der Waals surface area (Å²) >= 11 is 12.0. The standard InChI is InChI=1S/C21H17Cl2N3O3/c1-28-19-6-4-14(11-25-26-21(27)15-3-2-8-24-12-15)9-16(19)13-29-20-7-5-17(22)10-18(20)23/h2-12H,13H2,1H3,(H,26,27)/b25-11-. The number of carbonyl (C=O) groups is 1. The number of pyridine rings is 1. The van der Waals surface area contributed by atoms with Crippen LogP contribution in [-0.2, 0) is 6.61 Å². The highest BCUT2D eigenvalue weighted by Gasteiger charge is 2.08. The van der Waals surface area contributed by atoms with Gasteiger partial charge in [0.2, 0.25) is 0 Å². The highest BCUT2D eigenvalue weighted by Crippen LogP contribution is 2.29. The number of amides is 1. The van der Waals surface area contributed by atoms with E-state index in [-0.39, 0.29) is 12.5 Å². The smallest absolute Gasteiger partial charge is 0.272 e. The minimum Gasteiger partial charge on any atom is -0.496 e. The molecule has 1 amide bonds. The molecule has 148 valence electrons. The van der Waals surface area contributed by atoms with Crippen LogP contribution in [0.25, 0.3) is 0 Å². The lowest BCUT2D eigenvalue weighted by Gasteiger charge is -2.12. The van der Waals surface area contributed by atoms with Crippen LogP contribution in [0.4, 0.5) is 0 Å². The quantitative estimate of drug-likeness (QED) is 0.434. The molecule has 0 aliphatic rings. The van der Waals surface area contributed by atoms with Crippen LogP contribution in [0.1, 0.15) is 21.5 Å². The summed E-state index contributed by atoms with van der Waals surface area (Å²) in [6.45, 7) is 0.230. The largest absolute Gasteiger partial charge is 0.496 e. The highest BCUT2D eigenvalue weighted by molar-refractivity contribution is 6.35. The van der Waals surface area contributed by atoms with Crippen LogP contribution in [0.3, 0.4) is 0 Å². The van der Waals surface area contributed by atoms with Gasteiger partial charge in [-0.2, -0.15) is 5.10 Å². The van der Waals surface area contributed by atoms with E-state index in [1.807, 2.05) is 12.1 Å². The number of halogens is 2. The summed E-state index contributed by atoms with van der Waals surface area (Å²) in [6, 6.07) is 13.8. The molecule has 0 aliphatic carbocycles. The van der Waals surface area contributed by atoms with E-state index in [2.05, 4.69) is 15.5 Å². The Balaban J connectivity index is 1.68. The molecule has 0 bridgehead atoms. The Bertz CT molecular complexity index is 1030. The van der Waals surface area contributed by atoms with E-state index < -0.39 is 0 Å². The lowest BCUT2D eigenvalue weighted by atomic mass is 10.1. The minimum atomic E-state index is -0.344. The number of hydrogen-bond donors (Lipinski definition) is 1. The molecule has 8 heteroatoms. The number of carbonyl (C=O) groups excluding carboxylic acids is 1. The van der Waals surface area contributed by atoms with Crippen LogP contribution in [0.5, 0.6) is 11.5 Å². The minimum absolute atomic E-state index is 0.230. The van der Waals surface area contributed by atoms with E-state index in [1.165, 1.54) is 12.4 Å². The van der Waals surface area contributed by atoms with Crippen molar-refractivity contribution >= 4 is 35.3 Å². The summed E-state index contributed by atoms with van der Waals surface area (Å²) in [5, 5.41) is 4.94. The van der Waals surface area contributed by atoms with Gasteiger partial charge in [-0.25, -0.2) is 5.43 Å². The number of benzene rings is 2. The Morgan fingerprint density at radius 3 is 2.72 bits per heavy atom. The summed E-state index contributed by atoms with van der Waals surface area (Å²) < 4.78 is 11.2. The van der Waals surface area contributed by atoms with E-state index in [1.54, 1.807) is 49.7 Å². The molecule has 6 nitrogen and oxygen atoms in total. The van der Waals surface area contributed by atoms with Crippen LogP contribution in [0.15, 0.2) is 66.0 Å². The van der Waals surface area contributed by atoms with Gasteiger partial charge in [0.25, 0.3) is 5.91 Å². The lowest BCUT2D eigenvalue weighted by Crippen LogP contribution is -2.17. The van der Waals surface area contributed by atoms with E-state index in [0.717, 1.165) is 11.1 Å². The number of rotatable bonds is 7. The molecule has 0 saturated carbocycles. The first kappa shape index (κ1) is 20.6. The van der Waals surface area contributed by atoms with Gasteiger partial charge in [0.15, 0.2) is 0 Å². The Morgan fingerprint density at radius 1 is 1.17 bits per heavy atom. The molecule has 3 aromatic rings. The average molecular weight is 430 g/mol. The van der Waals surface area contributed by atoms with Crippen molar-refractivity contribution in [1.29, 1.82) is 0 Å². The molecule has 0 saturated heterocycles. The Kier molecular flexibility index (Phi) is 7.05. The second-order valence-electron chi connectivity index (χ2n) is 5.88. The van der Waals surface area contributed by atoms with Crippen molar-refractivity contribution in [3.63, 3.8) is 0 Å². The lowest BCUT2D eigenvalue weighted by molar-refractivity contribution is 0.0955. The van der Waals surface area contributed by atoms with Crippen molar-refractivity contribution < 1.29 is 14.3 Å². The van der Waals surface area contributed by atoms with Crippen LogP contribution >= 0.6 is 23.2 Å². The van der Waals surface area contributed by atoms with Crippen molar-refractivity contribution in [2.24, 2.45) is 5.10 Å². The molecule has 0 aliphatic heterocycles. The SMILES string of the molecule is COc1ccc(/C=N\NC(=O)c2cccnc2)cc1COc1ccc(Cl)cc1Cl. The molecular weight excluding hydrogens is 413 g/mol. The number of hydrazone groups is 1. The third kappa shape index (κ3) is 5.70. The second kappa shape index (κ2) is 9.91. The zero-order valence-corrected chi connectivity index (χ0v) is 16.9. The summed E-state index contributed by atoms with van der Waals surface area (Å²) in [5.41, 5.74) is 4.44. The van der Waals surface area contributed by atoms with Crippen LogP contribution in [0, 0.1) is 0 Å². The number of aromatic nitrogens is 1. The maximum absolute atomic E-state index is 12.0. The zero-order chi connectivity index (χ0) is 20.6. The molecule has 3 rings (SSSR count). The van der Waals surface area contributed by atoms with Gasteiger partial charge in [0.1, 0.15) is 18.1 Å². The predicted octanol–water partition coefficient (Wildman–Crippen LogP) is 4.74. The number of nitrogens with one attached hydrogen (secondary N) is 1. The van der Waals surface area contributed by atoms with Crippen LogP contribution < -0.4 is 14.9 Å². The topological polar surface area (TPSA) is 72.8 Å². The fourth-order valence-electron chi connectivity index (χ4n) is 2.47. The van der Waals surface area contributed by atoms with Crippen molar-refractivity contribution in [3.8, 4) is 11.5 Å². The van der Waals surface area contributed by atoms with Crippen molar-refractivity contribution in [1.82, 2.24) is 10.4 Å². The molecule has 1 heterocycles. The summed E-state index contributed by atoms with van der Waals surface area (Å²) in [6.07, 6.45) is 4.60. The van der Waals surface area contributed by atoms with Crippen LogP contribution in [-0.4, -0.2) is 24.2 Å². The fraction of sp³-hybridized carbons (Fsp3) is 0.0952. The van der Waals surface area contributed by atoms with Crippen molar-refractivity contribution in [2.75, 3.05) is 7.11 Å². The molecule has 0 unspecified atom stereocenters. The summed E-state index contributed by atoms with van der Waals surface area (Å²) in [5.74, 6) is 0.830.